The van der Waals surface area contributed by atoms with Crippen LogP contribution in [0.25, 0.3) is 11.3 Å². The summed E-state index contributed by atoms with van der Waals surface area (Å²) >= 11 is 0. The molecule has 0 bridgehead atoms. The highest BCUT2D eigenvalue weighted by Crippen LogP contribution is 2.43. The van der Waals surface area contributed by atoms with Crippen LogP contribution in [0, 0.1) is 22.7 Å². The number of pyridine rings is 1. The van der Waals surface area contributed by atoms with E-state index in [1.165, 1.54) is 38.5 Å². The summed E-state index contributed by atoms with van der Waals surface area (Å²) in [6, 6.07) is 14.0. The largest absolute Gasteiger partial charge is 0.492 e. The third-order valence-corrected chi connectivity index (χ3v) is 7.39. The molecular formula is C31H42N2O3. The fourth-order valence-electron chi connectivity index (χ4n) is 4.96. The smallest absolute Gasteiger partial charge is 0.314 e. The first-order valence-electron chi connectivity index (χ1n) is 13.9. The van der Waals surface area contributed by atoms with Crippen molar-refractivity contribution in [3.05, 3.63) is 42.6 Å². The average Bonchev–Trinajstić information content (AvgIpc) is 2.92. The molecule has 2 aromatic rings. The SMILES string of the molecule is CCCCCCCC1(C#N)CCC(C(=O)Oc2ccc(-c3ccc(OCCCCC)cn3)cc2)CC1. The van der Waals surface area contributed by atoms with Crippen LogP contribution in [0.1, 0.15) is 97.3 Å². The second kappa shape index (κ2) is 14.6. The molecule has 0 amide bonds. The number of unbranched alkanes of at least 4 members (excludes halogenated alkanes) is 6. The zero-order valence-electron chi connectivity index (χ0n) is 22.1. The van der Waals surface area contributed by atoms with Gasteiger partial charge in [0.05, 0.1) is 35.9 Å². The fraction of sp³-hybridized carbons (Fsp3) is 0.581. The number of carbonyl (C=O) groups excluding carboxylic acids is 1. The summed E-state index contributed by atoms with van der Waals surface area (Å²) in [5, 5.41) is 9.82. The molecule has 1 aromatic carbocycles. The maximum Gasteiger partial charge on any atom is 0.314 e. The van der Waals surface area contributed by atoms with Gasteiger partial charge in [-0.15, -0.1) is 0 Å². The summed E-state index contributed by atoms with van der Waals surface area (Å²) in [7, 11) is 0. The van der Waals surface area contributed by atoms with Gasteiger partial charge in [-0.1, -0.05) is 58.8 Å². The fourth-order valence-corrected chi connectivity index (χ4v) is 4.96. The summed E-state index contributed by atoms with van der Waals surface area (Å²) in [5.41, 5.74) is 1.56. The van der Waals surface area contributed by atoms with Gasteiger partial charge in [0.25, 0.3) is 0 Å². The Hall–Kier alpha value is -2.87. The number of hydrogen-bond acceptors (Lipinski definition) is 5. The molecule has 1 aliphatic carbocycles. The lowest BCUT2D eigenvalue weighted by Crippen LogP contribution is -2.31. The van der Waals surface area contributed by atoms with Crippen molar-refractivity contribution in [3.63, 3.8) is 0 Å². The Balaban J connectivity index is 1.45. The molecule has 0 spiro atoms. The summed E-state index contributed by atoms with van der Waals surface area (Å²) < 4.78 is 11.4. The lowest BCUT2D eigenvalue weighted by molar-refractivity contribution is -0.140. The van der Waals surface area contributed by atoms with Crippen LogP contribution in [0.3, 0.4) is 0 Å². The Bertz CT molecular complexity index is 955. The number of rotatable bonds is 14. The molecule has 36 heavy (non-hydrogen) atoms. The molecule has 1 saturated carbocycles. The van der Waals surface area contributed by atoms with Crippen LogP contribution in [-0.2, 0) is 4.79 Å². The topological polar surface area (TPSA) is 72.2 Å². The van der Waals surface area contributed by atoms with Crippen LogP contribution in [-0.4, -0.2) is 17.6 Å². The van der Waals surface area contributed by atoms with E-state index < -0.39 is 0 Å². The lowest BCUT2D eigenvalue weighted by Gasteiger charge is -2.34. The molecule has 5 heteroatoms. The first kappa shape index (κ1) is 27.7. The lowest BCUT2D eigenvalue weighted by atomic mass is 9.69. The standard InChI is InChI=1S/C31H42N2O3/c1-3-5-7-8-9-19-31(24-32)20-17-26(18-21-31)30(34)36-27-13-11-25(12-14-27)29-16-15-28(23-33-29)35-22-10-6-4-2/h11-16,23,26H,3-10,17-22H2,1-2H3. The Morgan fingerprint density at radius 1 is 0.944 bits per heavy atom. The van der Waals surface area contributed by atoms with Gasteiger partial charge in [-0.2, -0.15) is 5.26 Å². The van der Waals surface area contributed by atoms with Crippen molar-refractivity contribution in [1.82, 2.24) is 4.98 Å². The molecule has 194 valence electrons. The molecule has 0 atom stereocenters. The molecule has 1 fully saturated rings. The van der Waals surface area contributed by atoms with E-state index in [4.69, 9.17) is 9.47 Å². The molecule has 5 nitrogen and oxygen atoms in total. The van der Waals surface area contributed by atoms with Crippen molar-refractivity contribution in [1.29, 1.82) is 5.26 Å². The van der Waals surface area contributed by atoms with E-state index in [9.17, 15) is 10.1 Å². The molecular weight excluding hydrogens is 448 g/mol. The van der Waals surface area contributed by atoms with Crippen molar-refractivity contribution in [2.24, 2.45) is 11.3 Å². The molecule has 0 radical (unpaired) electrons. The summed E-state index contributed by atoms with van der Waals surface area (Å²) in [5.74, 6) is 1.02. The van der Waals surface area contributed by atoms with Gasteiger partial charge in [0.1, 0.15) is 11.5 Å². The third kappa shape index (κ3) is 8.36. The van der Waals surface area contributed by atoms with Crippen molar-refractivity contribution in [2.75, 3.05) is 6.61 Å². The molecule has 0 unspecified atom stereocenters. The van der Waals surface area contributed by atoms with E-state index in [0.29, 0.717) is 12.4 Å². The highest BCUT2D eigenvalue weighted by molar-refractivity contribution is 5.75. The number of ether oxygens (including phenoxy) is 2. The van der Waals surface area contributed by atoms with Crippen LogP contribution in [0.15, 0.2) is 42.6 Å². The minimum atomic E-state index is -0.256. The van der Waals surface area contributed by atoms with Gasteiger partial charge in [0.2, 0.25) is 0 Å². The van der Waals surface area contributed by atoms with Gasteiger partial charge in [-0.25, -0.2) is 0 Å². The van der Waals surface area contributed by atoms with Crippen molar-refractivity contribution in [3.8, 4) is 28.8 Å². The third-order valence-electron chi connectivity index (χ3n) is 7.39. The monoisotopic (exact) mass is 490 g/mol. The predicted octanol–water partition coefficient (Wildman–Crippen LogP) is 8.28. The first-order chi connectivity index (χ1) is 17.6. The number of hydrogen-bond donors (Lipinski definition) is 0. The van der Waals surface area contributed by atoms with Crippen molar-refractivity contribution >= 4 is 5.97 Å². The van der Waals surface area contributed by atoms with E-state index in [1.807, 2.05) is 36.4 Å². The van der Waals surface area contributed by atoms with E-state index in [0.717, 1.165) is 62.0 Å². The summed E-state index contributed by atoms with van der Waals surface area (Å²) in [6.07, 6.45) is 15.2. The first-order valence-corrected chi connectivity index (χ1v) is 13.9. The normalized spacial score (nSPS) is 19.4. The quantitative estimate of drug-likeness (QED) is 0.151. The van der Waals surface area contributed by atoms with Crippen molar-refractivity contribution < 1.29 is 14.3 Å². The van der Waals surface area contributed by atoms with Gasteiger partial charge in [-0.3, -0.25) is 9.78 Å². The second-order valence-electron chi connectivity index (χ2n) is 10.2. The van der Waals surface area contributed by atoms with Crippen LogP contribution in [0.4, 0.5) is 0 Å². The highest BCUT2D eigenvalue weighted by Gasteiger charge is 2.37. The van der Waals surface area contributed by atoms with Gasteiger partial charge in [0.15, 0.2) is 0 Å². The molecule has 1 aromatic heterocycles. The van der Waals surface area contributed by atoms with Gasteiger partial charge in [0, 0.05) is 5.56 Å². The van der Waals surface area contributed by atoms with Crippen LogP contribution in [0.5, 0.6) is 11.5 Å². The van der Waals surface area contributed by atoms with E-state index in [1.54, 1.807) is 6.20 Å². The maximum atomic E-state index is 12.8. The summed E-state index contributed by atoms with van der Waals surface area (Å²) in [6.45, 7) is 5.11. The Morgan fingerprint density at radius 2 is 1.61 bits per heavy atom. The Labute approximate surface area is 217 Å². The number of aromatic nitrogens is 1. The molecule has 0 aliphatic heterocycles. The van der Waals surface area contributed by atoms with Gasteiger partial charge in [-0.05, 0) is 74.9 Å². The Kier molecular flexibility index (Phi) is 11.3. The number of nitrogens with zero attached hydrogens (tertiary/aromatic N) is 2. The molecule has 0 saturated heterocycles. The van der Waals surface area contributed by atoms with E-state index in [2.05, 4.69) is 24.9 Å². The number of benzene rings is 1. The minimum absolute atomic E-state index is 0.127. The van der Waals surface area contributed by atoms with Gasteiger partial charge >= 0.3 is 5.97 Å². The van der Waals surface area contributed by atoms with Crippen molar-refractivity contribution in [2.45, 2.75) is 97.3 Å². The predicted molar refractivity (Wildman–Crippen MR) is 144 cm³/mol. The zero-order chi connectivity index (χ0) is 25.6. The van der Waals surface area contributed by atoms with Crippen LogP contribution in [0.2, 0.25) is 0 Å². The molecule has 1 heterocycles. The number of nitriles is 1. The van der Waals surface area contributed by atoms with Gasteiger partial charge < -0.3 is 9.47 Å². The molecule has 1 aliphatic rings. The minimum Gasteiger partial charge on any atom is -0.492 e. The van der Waals surface area contributed by atoms with E-state index >= 15 is 0 Å². The molecule has 3 rings (SSSR count). The maximum absolute atomic E-state index is 12.8. The Morgan fingerprint density at radius 3 is 2.25 bits per heavy atom. The number of esters is 1. The molecule has 0 N–H and O–H groups in total. The van der Waals surface area contributed by atoms with E-state index in [-0.39, 0.29) is 17.3 Å². The zero-order valence-corrected chi connectivity index (χ0v) is 22.1. The number of carbonyl (C=O) groups is 1. The second-order valence-corrected chi connectivity index (χ2v) is 10.2. The van der Waals surface area contributed by atoms with Crippen LogP contribution >= 0.6 is 0 Å². The van der Waals surface area contributed by atoms with Crippen LogP contribution < -0.4 is 9.47 Å². The summed E-state index contributed by atoms with van der Waals surface area (Å²) in [4.78, 5) is 17.3. The average molecular weight is 491 g/mol. The highest BCUT2D eigenvalue weighted by atomic mass is 16.5.